The first-order valence-electron chi connectivity index (χ1n) is 8.16. The number of rotatable bonds is 4. The summed E-state index contributed by atoms with van der Waals surface area (Å²) in [5.74, 6) is 1.10. The van der Waals surface area contributed by atoms with Crippen LogP contribution in [0.25, 0.3) is 0 Å². The third-order valence-electron chi connectivity index (χ3n) is 4.44. The lowest BCUT2D eigenvalue weighted by Gasteiger charge is -2.37. The zero-order valence-electron chi connectivity index (χ0n) is 13.6. The van der Waals surface area contributed by atoms with Gasteiger partial charge in [-0.05, 0) is 31.0 Å². The van der Waals surface area contributed by atoms with Gasteiger partial charge in [-0.15, -0.1) is 0 Å². The van der Waals surface area contributed by atoms with E-state index >= 15 is 0 Å². The molecule has 1 fully saturated rings. The number of nitrogens with zero attached hydrogens (tertiary/aromatic N) is 3. The zero-order valence-corrected chi connectivity index (χ0v) is 13.6. The van der Waals surface area contributed by atoms with Gasteiger partial charge in [0.25, 0.3) is 0 Å². The molecule has 1 atom stereocenters. The van der Waals surface area contributed by atoms with Crippen LogP contribution in [0.2, 0.25) is 0 Å². The second-order valence-electron chi connectivity index (χ2n) is 6.28. The first-order chi connectivity index (χ1) is 10.8. The molecule has 116 valence electrons. The fourth-order valence-corrected chi connectivity index (χ4v) is 3.39. The van der Waals surface area contributed by atoms with E-state index < -0.39 is 0 Å². The minimum Gasteiger partial charge on any atom is -0.362 e. The highest BCUT2D eigenvalue weighted by Gasteiger charge is 2.26. The summed E-state index contributed by atoms with van der Waals surface area (Å²) in [6.45, 7) is 2.19. The molecule has 1 aliphatic rings. The van der Waals surface area contributed by atoms with Crippen molar-refractivity contribution in [3.8, 4) is 0 Å². The van der Waals surface area contributed by atoms with Gasteiger partial charge in [0.05, 0.1) is 0 Å². The van der Waals surface area contributed by atoms with E-state index in [-0.39, 0.29) is 0 Å². The highest BCUT2D eigenvalue weighted by molar-refractivity contribution is 5.47. The highest BCUT2D eigenvalue weighted by Crippen LogP contribution is 2.35. The summed E-state index contributed by atoms with van der Waals surface area (Å²) < 4.78 is 0. The topological polar surface area (TPSA) is 19.4 Å². The molecule has 1 aromatic carbocycles. The van der Waals surface area contributed by atoms with E-state index in [0.29, 0.717) is 6.04 Å². The molecule has 3 rings (SSSR count). The monoisotopic (exact) mass is 295 g/mol. The fourth-order valence-electron chi connectivity index (χ4n) is 3.39. The lowest BCUT2D eigenvalue weighted by atomic mass is 9.94. The number of anilines is 1. The van der Waals surface area contributed by atoms with E-state index in [1.807, 2.05) is 6.20 Å². The standard InChI is InChI=1S/C19H25N3/c1-21(2)19-17(11-8-13-20-19)18-12-6-7-14-22(18)15-16-9-4-3-5-10-16/h3-5,8-11,13,18H,6-7,12,14-15H2,1-2H3/t18-/m1/s1. The van der Waals surface area contributed by atoms with Crippen molar-refractivity contribution >= 4 is 5.82 Å². The van der Waals surface area contributed by atoms with Crippen LogP contribution in [0.3, 0.4) is 0 Å². The lowest BCUT2D eigenvalue weighted by Crippen LogP contribution is -2.34. The second kappa shape index (κ2) is 6.93. The largest absolute Gasteiger partial charge is 0.362 e. The van der Waals surface area contributed by atoms with Gasteiger partial charge < -0.3 is 4.90 Å². The molecule has 22 heavy (non-hydrogen) atoms. The van der Waals surface area contributed by atoms with Gasteiger partial charge in [0, 0.05) is 38.4 Å². The van der Waals surface area contributed by atoms with Crippen LogP contribution in [0.15, 0.2) is 48.7 Å². The molecule has 0 unspecified atom stereocenters. The number of likely N-dealkylation sites (tertiary alicyclic amines) is 1. The molecule has 0 bridgehead atoms. The molecule has 0 N–H and O–H groups in total. The van der Waals surface area contributed by atoms with Crippen molar-refractivity contribution in [1.82, 2.24) is 9.88 Å². The molecule has 3 nitrogen and oxygen atoms in total. The van der Waals surface area contributed by atoms with E-state index in [0.717, 1.165) is 12.4 Å². The first kappa shape index (κ1) is 15.0. The van der Waals surface area contributed by atoms with Gasteiger partial charge in [-0.2, -0.15) is 0 Å². The molecule has 1 saturated heterocycles. The molecular formula is C19H25N3. The van der Waals surface area contributed by atoms with E-state index in [2.05, 4.69) is 71.3 Å². The predicted octanol–water partition coefficient (Wildman–Crippen LogP) is 3.87. The Morgan fingerprint density at radius 2 is 1.91 bits per heavy atom. The van der Waals surface area contributed by atoms with Crippen LogP contribution in [-0.4, -0.2) is 30.5 Å². The van der Waals surface area contributed by atoms with Gasteiger partial charge >= 0.3 is 0 Å². The summed E-state index contributed by atoms with van der Waals surface area (Å²) in [5, 5.41) is 0. The Hall–Kier alpha value is -1.87. The maximum absolute atomic E-state index is 4.59. The summed E-state index contributed by atoms with van der Waals surface area (Å²) in [5.41, 5.74) is 2.76. The van der Waals surface area contributed by atoms with Gasteiger partial charge in [-0.1, -0.05) is 42.8 Å². The van der Waals surface area contributed by atoms with Crippen LogP contribution >= 0.6 is 0 Å². The van der Waals surface area contributed by atoms with Crippen molar-refractivity contribution in [3.05, 3.63) is 59.8 Å². The van der Waals surface area contributed by atoms with Gasteiger partial charge in [-0.25, -0.2) is 4.98 Å². The molecule has 0 spiro atoms. The summed E-state index contributed by atoms with van der Waals surface area (Å²) in [6.07, 6.45) is 5.71. The van der Waals surface area contributed by atoms with Gasteiger partial charge in [0.2, 0.25) is 0 Å². The molecule has 0 amide bonds. The van der Waals surface area contributed by atoms with Crippen molar-refractivity contribution in [2.24, 2.45) is 0 Å². The van der Waals surface area contributed by atoms with Crippen LogP contribution in [0, 0.1) is 0 Å². The molecule has 0 saturated carbocycles. The van der Waals surface area contributed by atoms with Crippen molar-refractivity contribution in [1.29, 1.82) is 0 Å². The highest BCUT2D eigenvalue weighted by atomic mass is 15.2. The Morgan fingerprint density at radius 1 is 1.09 bits per heavy atom. The summed E-state index contributed by atoms with van der Waals surface area (Å²) in [6, 6.07) is 15.6. The summed E-state index contributed by atoms with van der Waals surface area (Å²) >= 11 is 0. The second-order valence-corrected chi connectivity index (χ2v) is 6.28. The normalized spacial score (nSPS) is 19.1. The minimum atomic E-state index is 0.472. The zero-order chi connectivity index (χ0) is 15.4. The van der Waals surface area contributed by atoms with Crippen LogP contribution in [-0.2, 0) is 6.54 Å². The van der Waals surface area contributed by atoms with Crippen LogP contribution in [0.4, 0.5) is 5.82 Å². The Labute approximate surface area is 133 Å². The van der Waals surface area contributed by atoms with Crippen molar-refractivity contribution in [2.75, 3.05) is 25.5 Å². The maximum Gasteiger partial charge on any atom is 0.132 e. The number of benzene rings is 1. The van der Waals surface area contributed by atoms with Crippen molar-refractivity contribution in [3.63, 3.8) is 0 Å². The average molecular weight is 295 g/mol. The molecule has 2 aromatic rings. The summed E-state index contributed by atoms with van der Waals surface area (Å²) in [7, 11) is 4.16. The molecule has 3 heteroatoms. The Balaban J connectivity index is 1.87. The number of hydrogen-bond acceptors (Lipinski definition) is 3. The molecule has 1 aromatic heterocycles. The number of aromatic nitrogens is 1. The lowest BCUT2D eigenvalue weighted by molar-refractivity contribution is 0.140. The smallest absolute Gasteiger partial charge is 0.132 e. The van der Waals surface area contributed by atoms with E-state index in [1.54, 1.807) is 0 Å². The molecule has 0 aliphatic carbocycles. The SMILES string of the molecule is CN(C)c1ncccc1[C@H]1CCCCN1Cc1ccccc1. The predicted molar refractivity (Wildman–Crippen MR) is 92.0 cm³/mol. The van der Waals surface area contributed by atoms with E-state index in [1.165, 1.54) is 36.9 Å². The van der Waals surface area contributed by atoms with Crippen LogP contribution in [0.5, 0.6) is 0 Å². The molecule has 1 aliphatic heterocycles. The Morgan fingerprint density at radius 3 is 2.68 bits per heavy atom. The third kappa shape index (κ3) is 3.30. The van der Waals surface area contributed by atoms with E-state index in [9.17, 15) is 0 Å². The van der Waals surface area contributed by atoms with Crippen LogP contribution < -0.4 is 4.90 Å². The first-order valence-corrected chi connectivity index (χ1v) is 8.16. The Bertz CT molecular complexity index is 595. The molecule has 2 heterocycles. The van der Waals surface area contributed by atoms with Crippen molar-refractivity contribution in [2.45, 2.75) is 31.8 Å². The van der Waals surface area contributed by atoms with Crippen LogP contribution in [0.1, 0.15) is 36.4 Å². The number of pyridine rings is 1. The number of piperidine rings is 1. The maximum atomic E-state index is 4.59. The summed E-state index contributed by atoms with van der Waals surface area (Å²) in [4.78, 5) is 9.34. The fraction of sp³-hybridized carbons (Fsp3) is 0.421. The van der Waals surface area contributed by atoms with Crippen molar-refractivity contribution < 1.29 is 0 Å². The van der Waals surface area contributed by atoms with Gasteiger partial charge in [-0.3, -0.25) is 4.90 Å². The molecule has 0 radical (unpaired) electrons. The quantitative estimate of drug-likeness (QED) is 0.853. The average Bonchev–Trinajstić information content (AvgIpc) is 2.56. The van der Waals surface area contributed by atoms with Gasteiger partial charge in [0.15, 0.2) is 0 Å². The van der Waals surface area contributed by atoms with E-state index in [4.69, 9.17) is 0 Å². The molecular weight excluding hydrogens is 270 g/mol. The Kier molecular flexibility index (Phi) is 4.74. The number of hydrogen-bond donors (Lipinski definition) is 0. The van der Waals surface area contributed by atoms with Gasteiger partial charge in [0.1, 0.15) is 5.82 Å². The third-order valence-corrected chi connectivity index (χ3v) is 4.44. The minimum absolute atomic E-state index is 0.472.